The van der Waals surface area contributed by atoms with Crippen molar-refractivity contribution in [3.63, 3.8) is 0 Å². The van der Waals surface area contributed by atoms with Gasteiger partial charge in [-0.2, -0.15) is 0 Å². The van der Waals surface area contributed by atoms with E-state index in [1.54, 1.807) is 0 Å². The Morgan fingerprint density at radius 1 is 0.786 bits per heavy atom. The zero-order valence-electron chi connectivity index (χ0n) is 15.3. The van der Waals surface area contributed by atoms with Crippen molar-refractivity contribution in [3.8, 4) is 0 Å². The summed E-state index contributed by atoms with van der Waals surface area (Å²) in [6.45, 7) is 0.275. The summed E-state index contributed by atoms with van der Waals surface area (Å²) in [5.74, 6) is -0.663. The van der Waals surface area contributed by atoms with Gasteiger partial charge in [0.2, 0.25) is 11.8 Å². The number of amides is 2. The van der Waals surface area contributed by atoms with Gasteiger partial charge in [-0.05, 0) is 35.4 Å². The van der Waals surface area contributed by atoms with E-state index in [9.17, 15) is 9.59 Å². The topological polar surface area (TPSA) is 58.2 Å². The number of hydrogen-bond acceptors (Lipinski definition) is 2. The predicted octanol–water partition coefficient (Wildman–Crippen LogP) is 4.73. The molecule has 4 nitrogen and oxygen atoms in total. The Kier molecular flexibility index (Phi) is 6.98. The van der Waals surface area contributed by atoms with Gasteiger partial charge >= 0.3 is 0 Å². The van der Waals surface area contributed by atoms with Crippen LogP contribution in [-0.4, -0.2) is 18.4 Å². The first-order chi connectivity index (χ1) is 13.6. The minimum Gasteiger partial charge on any atom is -0.355 e. The first-order valence-corrected chi connectivity index (χ1v) is 9.86. The lowest BCUT2D eigenvalue weighted by atomic mass is 9.90. The molecule has 0 unspecified atom stereocenters. The van der Waals surface area contributed by atoms with Crippen LogP contribution in [0, 0.1) is 0 Å². The average Bonchev–Trinajstić information content (AvgIpc) is 2.71. The lowest BCUT2D eigenvalue weighted by Crippen LogP contribution is -2.32. The Morgan fingerprint density at radius 3 is 1.86 bits per heavy atom. The van der Waals surface area contributed by atoms with Crippen LogP contribution in [0.3, 0.4) is 0 Å². The van der Waals surface area contributed by atoms with E-state index in [0.717, 1.165) is 21.3 Å². The van der Waals surface area contributed by atoms with Crippen LogP contribution in [0.1, 0.15) is 23.5 Å². The SMILES string of the molecule is O=C(CCNC(=O)C(c1ccccc1)c1ccccc1)Nc1ccc(Br)cc1. The van der Waals surface area contributed by atoms with E-state index in [1.165, 1.54) is 0 Å². The Hall–Kier alpha value is -2.92. The summed E-state index contributed by atoms with van der Waals surface area (Å²) in [7, 11) is 0. The third-order valence-corrected chi connectivity index (χ3v) is 4.84. The lowest BCUT2D eigenvalue weighted by Gasteiger charge is -2.18. The molecular weight excluding hydrogens is 416 g/mol. The minimum absolute atomic E-state index is 0.117. The molecule has 142 valence electrons. The average molecular weight is 437 g/mol. The molecule has 0 saturated heterocycles. The van der Waals surface area contributed by atoms with Crippen LogP contribution in [-0.2, 0) is 9.59 Å². The number of nitrogens with one attached hydrogen (secondary N) is 2. The van der Waals surface area contributed by atoms with E-state index in [1.807, 2.05) is 84.9 Å². The molecule has 0 fully saturated rings. The second-order valence-corrected chi connectivity index (χ2v) is 7.27. The highest BCUT2D eigenvalue weighted by atomic mass is 79.9. The fraction of sp³-hybridized carbons (Fsp3) is 0.130. The smallest absolute Gasteiger partial charge is 0.232 e. The molecule has 0 aliphatic rings. The van der Waals surface area contributed by atoms with E-state index in [-0.39, 0.29) is 24.8 Å². The van der Waals surface area contributed by atoms with Gasteiger partial charge in [0.1, 0.15) is 0 Å². The highest BCUT2D eigenvalue weighted by Crippen LogP contribution is 2.24. The molecular formula is C23H21BrN2O2. The zero-order chi connectivity index (χ0) is 19.8. The summed E-state index contributed by atoms with van der Waals surface area (Å²) >= 11 is 3.36. The molecule has 0 aromatic heterocycles. The number of benzene rings is 3. The molecule has 0 heterocycles. The highest BCUT2D eigenvalue weighted by Gasteiger charge is 2.22. The molecule has 2 amide bonds. The quantitative estimate of drug-likeness (QED) is 0.562. The Labute approximate surface area is 173 Å². The van der Waals surface area contributed by atoms with Gasteiger partial charge in [0.25, 0.3) is 0 Å². The summed E-state index contributed by atoms with van der Waals surface area (Å²) in [4.78, 5) is 25.0. The molecule has 0 atom stereocenters. The van der Waals surface area contributed by atoms with Gasteiger partial charge < -0.3 is 10.6 Å². The molecule has 2 N–H and O–H groups in total. The molecule has 0 radical (unpaired) electrons. The number of carbonyl (C=O) groups excluding carboxylic acids is 2. The first kappa shape index (κ1) is 19.8. The number of hydrogen-bond donors (Lipinski definition) is 2. The van der Waals surface area contributed by atoms with Gasteiger partial charge in [0.15, 0.2) is 0 Å². The number of anilines is 1. The van der Waals surface area contributed by atoms with Crippen LogP contribution < -0.4 is 10.6 Å². The van der Waals surface area contributed by atoms with Gasteiger partial charge in [-0.3, -0.25) is 9.59 Å². The maximum atomic E-state index is 12.9. The maximum absolute atomic E-state index is 12.9. The summed E-state index contributed by atoms with van der Waals surface area (Å²) in [6, 6.07) is 26.7. The van der Waals surface area contributed by atoms with Gasteiger partial charge in [0.05, 0.1) is 5.92 Å². The third kappa shape index (κ3) is 5.54. The van der Waals surface area contributed by atoms with Crippen molar-refractivity contribution in [2.24, 2.45) is 0 Å². The van der Waals surface area contributed by atoms with Crippen molar-refractivity contribution in [2.45, 2.75) is 12.3 Å². The van der Waals surface area contributed by atoms with E-state index in [0.29, 0.717) is 0 Å². The van der Waals surface area contributed by atoms with Crippen molar-refractivity contribution >= 4 is 33.4 Å². The maximum Gasteiger partial charge on any atom is 0.232 e. The molecule has 3 aromatic carbocycles. The summed E-state index contributed by atoms with van der Waals surface area (Å²) in [5, 5.41) is 5.72. The lowest BCUT2D eigenvalue weighted by molar-refractivity contribution is -0.121. The molecule has 0 aliphatic carbocycles. The van der Waals surface area contributed by atoms with Crippen molar-refractivity contribution < 1.29 is 9.59 Å². The van der Waals surface area contributed by atoms with E-state index in [2.05, 4.69) is 26.6 Å². The first-order valence-electron chi connectivity index (χ1n) is 9.06. The molecule has 3 rings (SSSR count). The molecule has 5 heteroatoms. The summed E-state index contributed by atoms with van der Waals surface area (Å²) in [5.41, 5.74) is 2.57. The van der Waals surface area contributed by atoms with Crippen molar-refractivity contribution in [3.05, 3.63) is 101 Å². The normalized spacial score (nSPS) is 10.5. The minimum atomic E-state index is -0.406. The Morgan fingerprint density at radius 2 is 1.32 bits per heavy atom. The zero-order valence-corrected chi connectivity index (χ0v) is 16.9. The number of halogens is 1. The van der Waals surface area contributed by atoms with Crippen LogP contribution in [0.25, 0.3) is 0 Å². The van der Waals surface area contributed by atoms with E-state index in [4.69, 9.17) is 0 Å². The van der Waals surface area contributed by atoms with Gasteiger partial charge in [-0.25, -0.2) is 0 Å². The Balaban J connectivity index is 1.59. The van der Waals surface area contributed by atoms with Crippen molar-refractivity contribution in [2.75, 3.05) is 11.9 Å². The van der Waals surface area contributed by atoms with Crippen molar-refractivity contribution in [1.82, 2.24) is 5.32 Å². The number of carbonyl (C=O) groups is 2. The van der Waals surface area contributed by atoms with Crippen LogP contribution in [0.15, 0.2) is 89.4 Å². The molecule has 0 saturated carbocycles. The van der Waals surface area contributed by atoms with Crippen LogP contribution in [0.2, 0.25) is 0 Å². The van der Waals surface area contributed by atoms with Crippen LogP contribution in [0.4, 0.5) is 5.69 Å². The standard InChI is InChI=1S/C23H21BrN2O2/c24-19-11-13-20(14-12-19)26-21(27)15-16-25-23(28)22(17-7-3-1-4-8-17)18-9-5-2-6-10-18/h1-14,22H,15-16H2,(H,25,28)(H,26,27). The van der Waals surface area contributed by atoms with Crippen molar-refractivity contribution in [1.29, 1.82) is 0 Å². The van der Waals surface area contributed by atoms with E-state index >= 15 is 0 Å². The predicted molar refractivity (Wildman–Crippen MR) is 115 cm³/mol. The molecule has 0 spiro atoms. The summed E-state index contributed by atoms with van der Waals surface area (Å²) in [6.07, 6.45) is 0.206. The van der Waals surface area contributed by atoms with Gasteiger partial charge in [0, 0.05) is 23.1 Å². The number of rotatable bonds is 7. The monoisotopic (exact) mass is 436 g/mol. The second kappa shape index (κ2) is 9.85. The molecule has 0 aliphatic heterocycles. The third-order valence-electron chi connectivity index (χ3n) is 4.31. The second-order valence-electron chi connectivity index (χ2n) is 6.35. The van der Waals surface area contributed by atoms with Gasteiger partial charge in [-0.1, -0.05) is 76.6 Å². The van der Waals surface area contributed by atoms with Crippen LogP contribution >= 0.6 is 15.9 Å². The molecule has 28 heavy (non-hydrogen) atoms. The largest absolute Gasteiger partial charge is 0.355 e. The molecule has 3 aromatic rings. The molecule has 0 bridgehead atoms. The Bertz CT molecular complexity index is 873. The fourth-order valence-corrected chi connectivity index (χ4v) is 3.21. The van der Waals surface area contributed by atoms with Gasteiger partial charge in [-0.15, -0.1) is 0 Å². The van der Waals surface area contributed by atoms with E-state index < -0.39 is 5.92 Å². The highest BCUT2D eigenvalue weighted by molar-refractivity contribution is 9.10. The summed E-state index contributed by atoms with van der Waals surface area (Å²) < 4.78 is 0.950. The van der Waals surface area contributed by atoms with Crippen LogP contribution in [0.5, 0.6) is 0 Å². The fourth-order valence-electron chi connectivity index (χ4n) is 2.94.